The number of hydrogen-bond acceptors (Lipinski definition) is 7. The van der Waals surface area contributed by atoms with Gasteiger partial charge >= 0.3 is 0 Å². The number of aryl methyl sites for hydroxylation is 1. The van der Waals surface area contributed by atoms with Crippen LogP contribution in [0.15, 0.2) is 67.4 Å². The van der Waals surface area contributed by atoms with Crippen LogP contribution in [-0.2, 0) is 0 Å². The highest BCUT2D eigenvalue weighted by molar-refractivity contribution is 5.80. The van der Waals surface area contributed by atoms with E-state index >= 15 is 0 Å². The van der Waals surface area contributed by atoms with Crippen molar-refractivity contribution in [2.75, 3.05) is 11.1 Å². The first-order valence-electron chi connectivity index (χ1n) is 9.28. The molecule has 3 heterocycles. The first-order valence-corrected chi connectivity index (χ1v) is 9.28. The van der Waals surface area contributed by atoms with Gasteiger partial charge in [0.1, 0.15) is 12.1 Å². The predicted octanol–water partition coefficient (Wildman–Crippen LogP) is 4.06. The van der Waals surface area contributed by atoms with Crippen LogP contribution in [0, 0.1) is 6.92 Å². The lowest BCUT2D eigenvalue weighted by atomic mass is 10.0. The molecule has 144 valence electrons. The molecule has 0 saturated carbocycles. The molecule has 0 saturated heterocycles. The van der Waals surface area contributed by atoms with E-state index in [1.807, 2.05) is 25.3 Å². The third-order valence-electron chi connectivity index (χ3n) is 4.61. The lowest BCUT2D eigenvalue weighted by molar-refractivity contribution is 0.814. The summed E-state index contributed by atoms with van der Waals surface area (Å²) in [5.74, 6) is 1.00. The number of benzene rings is 1. The van der Waals surface area contributed by atoms with Gasteiger partial charge in [0.05, 0.1) is 17.4 Å². The fraction of sp³-hybridized carbons (Fsp3) is 0.136. The van der Waals surface area contributed by atoms with Crippen LogP contribution < -0.4 is 11.1 Å². The molecule has 0 aliphatic carbocycles. The van der Waals surface area contributed by atoms with Crippen molar-refractivity contribution in [1.82, 2.24) is 24.9 Å². The fourth-order valence-corrected chi connectivity index (χ4v) is 2.98. The zero-order valence-corrected chi connectivity index (χ0v) is 16.2. The van der Waals surface area contributed by atoms with Crippen molar-refractivity contribution in [1.29, 1.82) is 0 Å². The topological polar surface area (TPSA) is 102 Å². The molecule has 0 aliphatic heterocycles. The highest BCUT2D eigenvalue weighted by Gasteiger charge is 2.14. The van der Waals surface area contributed by atoms with Crippen LogP contribution in [0.2, 0.25) is 0 Å². The molecule has 4 rings (SSSR count). The molecule has 0 radical (unpaired) electrons. The smallest absolute Gasteiger partial charge is 0.223 e. The van der Waals surface area contributed by atoms with Gasteiger partial charge in [-0.25, -0.2) is 24.9 Å². The molecule has 1 atom stereocenters. The van der Waals surface area contributed by atoms with Gasteiger partial charge in [-0.1, -0.05) is 29.8 Å². The molecule has 7 heteroatoms. The summed E-state index contributed by atoms with van der Waals surface area (Å²) in [5, 5.41) is 3.32. The number of nitrogens with two attached hydrogens (primary N) is 1. The van der Waals surface area contributed by atoms with Crippen LogP contribution in [0.3, 0.4) is 0 Å². The third-order valence-corrected chi connectivity index (χ3v) is 4.61. The van der Waals surface area contributed by atoms with E-state index in [-0.39, 0.29) is 6.04 Å². The van der Waals surface area contributed by atoms with Crippen LogP contribution in [-0.4, -0.2) is 24.9 Å². The molecule has 7 nitrogen and oxygen atoms in total. The molecule has 0 amide bonds. The monoisotopic (exact) mass is 383 g/mol. The molecule has 0 unspecified atom stereocenters. The maximum Gasteiger partial charge on any atom is 0.223 e. The van der Waals surface area contributed by atoms with E-state index in [9.17, 15) is 0 Å². The Morgan fingerprint density at radius 1 is 0.897 bits per heavy atom. The first kappa shape index (κ1) is 18.5. The van der Waals surface area contributed by atoms with Crippen LogP contribution in [0.25, 0.3) is 22.4 Å². The van der Waals surface area contributed by atoms with Crippen LogP contribution >= 0.6 is 0 Å². The molecule has 29 heavy (non-hydrogen) atoms. The van der Waals surface area contributed by atoms with Gasteiger partial charge in [-0.05, 0) is 32.0 Å². The lowest BCUT2D eigenvalue weighted by Gasteiger charge is -2.15. The second-order valence-electron chi connectivity index (χ2n) is 6.79. The number of anilines is 2. The van der Waals surface area contributed by atoms with Crippen molar-refractivity contribution < 1.29 is 0 Å². The van der Waals surface area contributed by atoms with Crippen molar-refractivity contribution in [2.45, 2.75) is 19.9 Å². The van der Waals surface area contributed by atoms with Crippen molar-refractivity contribution >= 4 is 11.8 Å². The van der Waals surface area contributed by atoms with Crippen LogP contribution in [0.5, 0.6) is 0 Å². The molecule has 0 fully saturated rings. The molecular weight excluding hydrogens is 362 g/mol. The molecule has 0 spiro atoms. The Bertz CT molecular complexity index is 1090. The van der Waals surface area contributed by atoms with E-state index in [0.29, 0.717) is 11.8 Å². The van der Waals surface area contributed by atoms with Gasteiger partial charge in [-0.15, -0.1) is 0 Å². The molecule has 4 aromatic rings. The van der Waals surface area contributed by atoms with E-state index in [1.54, 1.807) is 18.5 Å². The van der Waals surface area contributed by atoms with Gasteiger partial charge in [0.15, 0.2) is 0 Å². The average Bonchev–Trinajstić information content (AvgIpc) is 2.75. The standard InChI is InChI=1S/C22H21N7/c1-14-3-5-16(6-4-14)21-18(17-7-8-20(23)25-11-17)12-26-22(29-21)28-15(2)19-9-10-24-13-27-19/h3-13,15H,1-2H3,(H2,23,25)(H,26,28,29)/t15-/m0/s1. The maximum atomic E-state index is 5.74. The average molecular weight is 383 g/mol. The summed E-state index contributed by atoms with van der Waals surface area (Å²) in [6.45, 7) is 4.07. The van der Waals surface area contributed by atoms with Crippen molar-refractivity contribution in [2.24, 2.45) is 0 Å². The summed E-state index contributed by atoms with van der Waals surface area (Å²) in [5.41, 5.74) is 11.4. The molecule has 1 aromatic carbocycles. The number of nitrogens with zero attached hydrogens (tertiary/aromatic N) is 5. The first-order chi connectivity index (χ1) is 14.1. The molecular formula is C22H21N7. The minimum absolute atomic E-state index is 0.0621. The highest BCUT2D eigenvalue weighted by Crippen LogP contribution is 2.31. The summed E-state index contributed by atoms with van der Waals surface area (Å²) in [7, 11) is 0. The van der Waals surface area contributed by atoms with Crippen molar-refractivity contribution in [3.8, 4) is 22.4 Å². The molecule has 3 aromatic heterocycles. The third kappa shape index (κ3) is 4.19. The quantitative estimate of drug-likeness (QED) is 0.536. The Labute approximate surface area is 169 Å². The minimum atomic E-state index is -0.0621. The summed E-state index contributed by atoms with van der Waals surface area (Å²) in [4.78, 5) is 21.8. The summed E-state index contributed by atoms with van der Waals surface area (Å²) in [6.07, 6.45) is 6.80. The largest absolute Gasteiger partial charge is 0.384 e. The zero-order chi connectivity index (χ0) is 20.2. The van der Waals surface area contributed by atoms with Crippen molar-refractivity contribution in [3.63, 3.8) is 0 Å². The number of rotatable bonds is 5. The predicted molar refractivity (Wildman–Crippen MR) is 114 cm³/mol. The number of nitrogen functional groups attached to an aromatic ring is 1. The van der Waals surface area contributed by atoms with Gasteiger partial charge < -0.3 is 11.1 Å². The van der Waals surface area contributed by atoms with Gasteiger partial charge in [-0.3, -0.25) is 0 Å². The Morgan fingerprint density at radius 3 is 2.38 bits per heavy atom. The number of nitrogens with one attached hydrogen (secondary N) is 1. The van der Waals surface area contributed by atoms with Gasteiger partial charge in [0, 0.05) is 35.3 Å². The second kappa shape index (κ2) is 8.02. The van der Waals surface area contributed by atoms with Gasteiger partial charge in [-0.2, -0.15) is 0 Å². The summed E-state index contributed by atoms with van der Waals surface area (Å²) >= 11 is 0. The second-order valence-corrected chi connectivity index (χ2v) is 6.79. The molecule has 3 N–H and O–H groups in total. The van der Waals surface area contributed by atoms with Crippen molar-refractivity contribution in [3.05, 3.63) is 78.6 Å². The Balaban J connectivity index is 1.74. The summed E-state index contributed by atoms with van der Waals surface area (Å²) in [6, 6.07) is 13.8. The lowest BCUT2D eigenvalue weighted by Crippen LogP contribution is -2.11. The number of pyridine rings is 1. The Kier molecular flexibility index (Phi) is 5.11. The van der Waals surface area contributed by atoms with Crippen LogP contribution in [0.4, 0.5) is 11.8 Å². The Hall–Kier alpha value is -3.87. The summed E-state index contributed by atoms with van der Waals surface area (Å²) < 4.78 is 0. The van der Waals surface area contributed by atoms with E-state index in [2.05, 4.69) is 56.4 Å². The van der Waals surface area contributed by atoms with E-state index in [1.165, 1.54) is 11.9 Å². The Morgan fingerprint density at radius 2 is 1.69 bits per heavy atom. The maximum absolute atomic E-state index is 5.74. The van der Waals surface area contributed by atoms with Gasteiger partial charge in [0.25, 0.3) is 0 Å². The molecule has 0 aliphatic rings. The molecule has 0 bridgehead atoms. The van der Waals surface area contributed by atoms with E-state index < -0.39 is 0 Å². The fourth-order valence-electron chi connectivity index (χ4n) is 2.98. The van der Waals surface area contributed by atoms with E-state index in [4.69, 9.17) is 10.7 Å². The number of hydrogen-bond donors (Lipinski definition) is 2. The van der Waals surface area contributed by atoms with Crippen LogP contribution in [0.1, 0.15) is 24.2 Å². The van der Waals surface area contributed by atoms with E-state index in [0.717, 1.165) is 28.1 Å². The zero-order valence-electron chi connectivity index (χ0n) is 16.2. The SMILES string of the molecule is Cc1ccc(-c2nc(N[C@@H](C)c3ccncn3)ncc2-c2ccc(N)nc2)cc1. The van der Waals surface area contributed by atoms with Gasteiger partial charge in [0.2, 0.25) is 5.95 Å². The normalized spacial score (nSPS) is 11.8. The highest BCUT2D eigenvalue weighted by atomic mass is 15.1. The minimum Gasteiger partial charge on any atom is -0.384 e. The number of aromatic nitrogens is 5.